The van der Waals surface area contributed by atoms with Crippen molar-refractivity contribution in [1.29, 1.82) is 0 Å². The molecular weight excluding hydrogens is 314 g/mol. The Hall–Kier alpha value is -2.18. The average Bonchev–Trinajstić information content (AvgIpc) is 2.51. The van der Waals surface area contributed by atoms with Crippen LogP contribution in [-0.4, -0.2) is 48.0 Å². The molecule has 0 aliphatic heterocycles. The molecule has 2 aromatic rings. The molecule has 0 aliphatic rings. The fourth-order valence-electron chi connectivity index (χ4n) is 1.81. The van der Waals surface area contributed by atoms with Gasteiger partial charge in [0.1, 0.15) is 11.5 Å². The Morgan fingerprint density at radius 1 is 1.26 bits per heavy atom. The van der Waals surface area contributed by atoms with Gasteiger partial charge in [-0.05, 0) is 38.7 Å². The van der Waals surface area contributed by atoms with Gasteiger partial charge < -0.3 is 15.5 Å². The van der Waals surface area contributed by atoms with Crippen LogP contribution in [0.3, 0.4) is 0 Å². The summed E-state index contributed by atoms with van der Waals surface area (Å²) < 4.78 is 0. The van der Waals surface area contributed by atoms with Gasteiger partial charge in [0.2, 0.25) is 0 Å². The number of amides is 1. The third-order valence-corrected chi connectivity index (χ3v) is 3.59. The number of carbonyl (C=O) groups is 1. The highest BCUT2D eigenvalue weighted by molar-refractivity contribution is 6.31. The van der Waals surface area contributed by atoms with Crippen molar-refractivity contribution >= 4 is 29.0 Å². The van der Waals surface area contributed by atoms with Crippen LogP contribution in [0.2, 0.25) is 5.02 Å². The Kier molecular flexibility index (Phi) is 5.90. The van der Waals surface area contributed by atoms with Gasteiger partial charge in [-0.1, -0.05) is 17.7 Å². The molecule has 7 heteroatoms. The highest BCUT2D eigenvalue weighted by Crippen LogP contribution is 2.20. The van der Waals surface area contributed by atoms with Crippen LogP contribution < -0.4 is 10.6 Å². The van der Waals surface area contributed by atoms with E-state index in [9.17, 15) is 4.79 Å². The number of anilines is 2. The molecule has 0 fully saturated rings. The minimum absolute atomic E-state index is 0.250. The number of hydrogen-bond donors (Lipinski definition) is 2. The Bertz CT molecular complexity index is 673. The Labute approximate surface area is 140 Å². The fourth-order valence-corrected chi connectivity index (χ4v) is 1.99. The van der Waals surface area contributed by atoms with Gasteiger partial charge in [0.15, 0.2) is 0 Å². The number of nitrogens with one attached hydrogen (secondary N) is 2. The number of likely N-dealkylation sites (N-methyl/N-ethyl adjacent to an activating group) is 1. The number of aryl methyl sites for hydroxylation is 1. The van der Waals surface area contributed by atoms with Crippen molar-refractivity contribution in [2.24, 2.45) is 0 Å². The monoisotopic (exact) mass is 333 g/mol. The molecule has 2 N–H and O–H groups in total. The largest absolute Gasteiger partial charge is 0.368 e. The third-order valence-electron chi connectivity index (χ3n) is 3.18. The van der Waals surface area contributed by atoms with E-state index in [2.05, 4.69) is 25.5 Å². The summed E-state index contributed by atoms with van der Waals surface area (Å²) in [6.07, 6.45) is 3.00. The lowest BCUT2D eigenvalue weighted by molar-refractivity contribution is 0.102. The zero-order chi connectivity index (χ0) is 16.8. The molecule has 6 nitrogen and oxygen atoms in total. The van der Waals surface area contributed by atoms with Crippen LogP contribution in [0.1, 0.15) is 16.1 Å². The molecule has 0 radical (unpaired) electrons. The third kappa shape index (κ3) is 5.19. The first-order valence-corrected chi connectivity index (χ1v) is 7.61. The second-order valence-electron chi connectivity index (χ2n) is 5.44. The molecule has 0 unspecified atom stereocenters. The van der Waals surface area contributed by atoms with Crippen LogP contribution >= 0.6 is 11.6 Å². The number of nitrogens with zero attached hydrogens (tertiary/aromatic N) is 3. The zero-order valence-corrected chi connectivity index (χ0v) is 14.2. The molecule has 0 atom stereocenters. The van der Waals surface area contributed by atoms with Gasteiger partial charge in [0.25, 0.3) is 5.91 Å². The molecule has 2 rings (SSSR count). The number of hydrogen-bond acceptors (Lipinski definition) is 5. The van der Waals surface area contributed by atoms with E-state index >= 15 is 0 Å². The summed E-state index contributed by atoms with van der Waals surface area (Å²) in [5.74, 6) is 0.319. The number of halogens is 1. The van der Waals surface area contributed by atoms with E-state index in [0.717, 1.165) is 18.7 Å². The summed E-state index contributed by atoms with van der Waals surface area (Å²) in [7, 11) is 4.00. The topological polar surface area (TPSA) is 70.2 Å². The van der Waals surface area contributed by atoms with E-state index in [-0.39, 0.29) is 11.6 Å². The van der Waals surface area contributed by atoms with Crippen LogP contribution in [0.4, 0.5) is 11.5 Å². The lowest BCUT2D eigenvalue weighted by Crippen LogP contribution is -2.21. The van der Waals surface area contributed by atoms with Crippen LogP contribution in [0.5, 0.6) is 0 Å². The molecule has 0 aliphatic carbocycles. The maximum atomic E-state index is 12.1. The SMILES string of the molecule is Cc1ccc(NC(=O)c2cnc(NCCN(C)C)cn2)cc1Cl. The molecule has 0 saturated heterocycles. The number of rotatable bonds is 6. The predicted molar refractivity (Wildman–Crippen MR) is 93.2 cm³/mol. The van der Waals surface area contributed by atoms with Gasteiger partial charge >= 0.3 is 0 Å². The molecule has 122 valence electrons. The maximum Gasteiger partial charge on any atom is 0.275 e. The quantitative estimate of drug-likeness (QED) is 0.850. The molecule has 23 heavy (non-hydrogen) atoms. The lowest BCUT2D eigenvalue weighted by atomic mass is 10.2. The first-order chi connectivity index (χ1) is 11.0. The van der Waals surface area contributed by atoms with E-state index in [1.165, 1.54) is 6.20 Å². The van der Waals surface area contributed by atoms with Gasteiger partial charge in [-0.25, -0.2) is 9.97 Å². The minimum Gasteiger partial charge on any atom is -0.368 e. The van der Waals surface area contributed by atoms with E-state index in [4.69, 9.17) is 11.6 Å². The lowest BCUT2D eigenvalue weighted by Gasteiger charge is -2.10. The Balaban J connectivity index is 1.95. The molecule has 0 bridgehead atoms. The summed E-state index contributed by atoms with van der Waals surface area (Å²) in [5, 5.41) is 6.50. The molecule has 0 spiro atoms. The van der Waals surface area contributed by atoms with Crippen molar-refractivity contribution in [2.75, 3.05) is 37.8 Å². The normalized spacial score (nSPS) is 10.7. The van der Waals surface area contributed by atoms with E-state index in [1.54, 1.807) is 18.3 Å². The van der Waals surface area contributed by atoms with Crippen molar-refractivity contribution < 1.29 is 4.79 Å². The fraction of sp³-hybridized carbons (Fsp3) is 0.312. The van der Waals surface area contributed by atoms with Gasteiger partial charge in [-0.2, -0.15) is 0 Å². The van der Waals surface area contributed by atoms with E-state index in [0.29, 0.717) is 16.5 Å². The summed E-state index contributed by atoms with van der Waals surface area (Å²) in [6.45, 7) is 3.55. The van der Waals surface area contributed by atoms with Crippen LogP contribution in [0, 0.1) is 6.92 Å². The van der Waals surface area contributed by atoms with Gasteiger partial charge in [0.05, 0.1) is 12.4 Å². The molecular formula is C16H20ClN5O. The number of carbonyl (C=O) groups excluding carboxylic acids is 1. The van der Waals surface area contributed by atoms with Gasteiger partial charge in [0, 0.05) is 23.8 Å². The van der Waals surface area contributed by atoms with Gasteiger partial charge in [-0.3, -0.25) is 4.79 Å². The second-order valence-corrected chi connectivity index (χ2v) is 5.84. The average molecular weight is 334 g/mol. The van der Waals surface area contributed by atoms with Crippen molar-refractivity contribution in [3.05, 3.63) is 46.9 Å². The van der Waals surface area contributed by atoms with Crippen molar-refractivity contribution in [3.8, 4) is 0 Å². The van der Waals surface area contributed by atoms with Crippen LogP contribution in [-0.2, 0) is 0 Å². The number of benzene rings is 1. The Morgan fingerprint density at radius 3 is 2.65 bits per heavy atom. The standard InChI is InChI=1S/C16H20ClN5O/c1-11-4-5-12(8-13(11)17)21-16(23)14-9-20-15(10-19-14)18-6-7-22(2)3/h4-5,8-10H,6-7H2,1-3H3,(H,18,20)(H,21,23). The molecule has 0 saturated carbocycles. The van der Waals surface area contributed by atoms with Crippen molar-refractivity contribution in [1.82, 2.24) is 14.9 Å². The first-order valence-electron chi connectivity index (χ1n) is 7.24. The van der Waals surface area contributed by atoms with Crippen LogP contribution in [0.25, 0.3) is 0 Å². The van der Waals surface area contributed by atoms with Crippen molar-refractivity contribution in [3.63, 3.8) is 0 Å². The molecule has 1 heterocycles. The highest BCUT2D eigenvalue weighted by Gasteiger charge is 2.09. The summed E-state index contributed by atoms with van der Waals surface area (Å²) in [6, 6.07) is 5.35. The second kappa shape index (κ2) is 7.89. The van der Waals surface area contributed by atoms with Gasteiger partial charge in [-0.15, -0.1) is 0 Å². The highest BCUT2D eigenvalue weighted by atomic mass is 35.5. The van der Waals surface area contributed by atoms with E-state index < -0.39 is 0 Å². The summed E-state index contributed by atoms with van der Waals surface area (Å²) in [5.41, 5.74) is 1.83. The maximum absolute atomic E-state index is 12.1. The minimum atomic E-state index is -0.322. The zero-order valence-electron chi connectivity index (χ0n) is 13.4. The predicted octanol–water partition coefficient (Wildman–Crippen LogP) is 2.66. The van der Waals surface area contributed by atoms with Crippen LogP contribution in [0.15, 0.2) is 30.6 Å². The summed E-state index contributed by atoms with van der Waals surface area (Å²) >= 11 is 6.04. The number of aromatic nitrogens is 2. The molecule has 1 aromatic carbocycles. The van der Waals surface area contributed by atoms with Crippen molar-refractivity contribution in [2.45, 2.75) is 6.92 Å². The Morgan fingerprint density at radius 2 is 2.04 bits per heavy atom. The first kappa shape index (κ1) is 17.2. The smallest absolute Gasteiger partial charge is 0.275 e. The molecule has 1 aromatic heterocycles. The molecule has 1 amide bonds. The summed E-state index contributed by atoms with van der Waals surface area (Å²) in [4.78, 5) is 22.5. The van der Waals surface area contributed by atoms with E-state index in [1.807, 2.05) is 27.1 Å².